The van der Waals surface area contributed by atoms with Crippen LogP contribution in [0.2, 0.25) is 0 Å². The third-order valence-corrected chi connectivity index (χ3v) is 5.64. The smallest absolute Gasteiger partial charge is 0.467 e. The zero-order chi connectivity index (χ0) is 25.1. The van der Waals surface area contributed by atoms with Gasteiger partial charge in [-0.15, -0.1) is 13.2 Å². The molecule has 0 saturated heterocycles. The monoisotopic (exact) mass is 494 g/mol. The summed E-state index contributed by atoms with van der Waals surface area (Å²) in [6.45, 7) is 1.88. The molecule has 0 unspecified atom stereocenters. The molecule has 0 amide bonds. The molecule has 0 N–H and O–H groups in total. The minimum atomic E-state index is -4.71. The number of ether oxygens (including phenoxy) is 2. The van der Waals surface area contributed by atoms with Crippen LogP contribution in [-0.4, -0.2) is 51.0 Å². The molecule has 11 heteroatoms. The summed E-state index contributed by atoms with van der Waals surface area (Å²) in [4.78, 5) is 8.24. The van der Waals surface area contributed by atoms with Crippen molar-refractivity contribution in [2.45, 2.75) is 19.5 Å². The number of nitrogens with zero attached hydrogens (tertiary/aromatic N) is 6. The maximum Gasteiger partial charge on any atom is 0.573 e. The highest BCUT2D eigenvalue weighted by Gasteiger charge is 2.31. The second kappa shape index (κ2) is 9.68. The zero-order valence-corrected chi connectivity index (χ0v) is 19.2. The highest BCUT2D eigenvalue weighted by molar-refractivity contribution is 5.84. The lowest BCUT2D eigenvalue weighted by Crippen LogP contribution is -2.25. The number of alkyl halides is 3. The minimum Gasteiger partial charge on any atom is -0.467 e. The molecule has 0 bridgehead atoms. The van der Waals surface area contributed by atoms with Gasteiger partial charge in [-0.2, -0.15) is 10.2 Å². The van der Waals surface area contributed by atoms with Crippen LogP contribution in [0.4, 0.5) is 13.2 Å². The summed E-state index contributed by atoms with van der Waals surface area (Å²) in [6.07, 6.45) is 4.17. The third-order valence-electron chi connectivity index (χ3n) is 5.64. The molecule has 0 spiro atoms. The SMILES string of the molecule is COc1ncc(-c2cnn(CCN3Cc4cc(-c5ccc(OC(F)(F)F)cc5)ccc4C=N3)c2)cn1. The second-order valence-electron chi connectivity index (χ2n) is 8.07. The van der Waals surface area contributed by atoms with Crippen LogP contribution in [0.15, 0.2) is 72.4 Å². The molecule has 2 aromatic carbocycles. The predicted molar refractivity (Wildman–Crippen MR) is 126 cm³/mol. The van der Waals surface area contributed by atoms with Gasteiger partial charge < -0.3 is 9.47 Å². The van der Waals surface area contributed by atoms with Crippen LogP contribution in [0.3, 0.4) is 0 Å². The Hall–Kier alpha value is -4.41. The van der Waals surface area contributed by atoms with Gasteiger partial charge in [0.25, 0.3) is 0 Å². The van der Waals surface area contributed by atoms with Crippen molar-refractivity contribution < 1.29 is 22.6 Å². The van der Waals surface area contributed by atoms with Crippen LogP contribution in [0.25, 0.3) is 22.3 Å². The van der Waals surface area contributed by atoms with Gasteiger partial charge in [-0.3, -0.25) is 9.69 Å². The van der Waals surface area contributed by atoms with Gasteiger partial charge in [0.2, 0.25) is 0 Å². The van der Waals surface area contributed by atoms with E-state index in [9.17, 15) is 13.2 Å². The van der Waals surface area contributed by atoms with E-state index in [1.807, 2.05) is 40.3 Å². The number of fused-ring (bicyclic) bond motifs is 1. The lowest BCUT2D eigenvalue weighted by Gasteiger charge is -2.24. The highest BCUT2D eigenvalue weighted by Crippen LogP contribution is 2.28. The standard InChI is InChI=1S/C25H21F3N6O2/c1-35-24-29-11-21(12-30-24)22-14-32-34(16-22)9-8-33-15-20-10-18(2-3-19(20)13-31-33)17-4-6-23(7-5-17)36-25(26,27)28/h2-7,10-14,16H,8-9,15H2,1H3. The highest BCUT2D eigenvalue weighted by atomic mass is 19.4. The first kappa shape index (κ1) is 23.3. The summed E-state index contributed by atoms with van der Waals surface area (Å²) in [7, 11) is 1.52. The van der Waals surface area contributed by atoms with E-state index in [1.54, 1.807) is 30.7 Å². The fourth-order valence-corrected chi connectivity index (χ4v) is 3.84. The van der Waals surface area contributed by atoms with E-state index in [4.69, 9.17) is 4.74 Å². The Bertz CT molecular complexity index is 1370. The topological polar surface area (TPSA) is 77.7 Å². The zero-order valence-electron chi connectivity index (χ0n) is 19.2. The maximum absolute atomic E-state index is 12.4. The average Bonchev–Trinajstić information content (AvgIpc) is 3.36. The molecular weight excluding hydrogens is 473 g/mol. The minimum absolute atomic E-state index is 0.246. The molecule has 1 aliphatic rings. The normalized spacial score (nSPS) is 12.9. The first-order valence-electron chi connectivity index (χ1n) is 11.0. The first-order valence-corrected chi connectivity index (χ1v) is 11.0. The number of hydrogen-bond donors (Lipinski definition) is 0. The number of benzene rings is 2. The van der Waals surface area contributed by atoms with E-state index in [2.05, 4.69) is 24.9 Å². The van der Waals surface area contributed by atoms with Gasteiger partial charge in [-0.1, -0.05) is 24.3 Å². The van der Waals surface area contributed by atoms with E-state index in [0.29, 0.717) is 25.6 Å². The number of hydrogen-bond acceptors (Lipinski definition) is 7. The number of methoxy groups -OCH3 is 1. The number of hydrazone groups is 1. The van der Waals surface area contributed by atoms with Crippen LogP contribution in [0, 0.1) is 0 Å². The van der Waals surface area contributed by atoms with Crippen molar-refractivity contribution >= 4 is 6.21 Å². The Morgan fingerprint density at radius 2 is 1.64 bits per heavy atom. The van der Waals surface area contributed by atoms with Crippen molar-refractivity contribution in [1.29, 1.82) is 0 Å². The molecule has 36 heavy (non-hydrogen) atoms. The Balaban J connectivity index is 1.22. The lowest BCUT2D eigenvalue weighted by atomic mass is 9.98. The summed E-state index contributed by atoms with van der Waals surface area (Å²) in [5.41, 5.74) is 5.54. The number of aromatic nitrogens is 4. The molecular formula is C25H21F3N6O2. The summed E-state index contributed by atoms with van der Waals surface area (Å²) in [5.74, 6) is -0.246. The van der Waals surface area contributed by atoms with Gasteiger partial charge in [-0.25, -0.2) is 9.97 Å². The van der Waals surface area contributed by atoms with Gasteiger partial charge in [0, 0.05) is 29.7 Å². The Morgan fingerprint density at radius 3 is 2.36 bits per heavy atom. The molecule has 0 saturated carbocycles. The first-order chi connectivity index (χ1) is 17.4. The predicted octanol–water partition coefficient (Wildman–Crippen LogP) is 4.76. The summed E-state index contributed by atoms with van der Waals surface area (Å²) in [5, 5.41) is 10.9. The number of halogens is 3. The van der Waals surface area contributed by atoms with Crippen LogP contribution >= 0.6 is 0 Å². The summed E-state index contributed by atoms with van der Waals surface area (Å²) >= 11 is 0. The maximum atomic E-state index is 12.4. The summed E-state index contributed by atoms with van der Waals surface area (Å²) < 4.78 is 48.0. The van der Waals surface area contributed by atoms with Gasteiger partial charge in [0.15, 0.2) is 0 Å². The molecule has 1 aliphatic heterocycles. The van der Waals surface area contributed by atoms with E-state index in [0.717, 1.165) is 33.4 Å². The molecule has 8 nitrogen and oxygen atoms in total. The van der Waals surface area contributed by atoms with Crippen molar-refractivity contribution in [2.75, 3.05) is 13.7 Å². The molecule has 5 rings (SSSR count). The lowest BCUT2D eigenvalue weighted by molar-refractivity contribution is -0.274. The fourth-order valence-electron chi connectivity index (χ4n) is 3.84. The Labute approximate surface area is 204 Å². The van der Waals surface area contributed by atoms with Gasteiger partial charge in [-0.05, 0) is 40.5 Å². The molecule has 184 valence electrons. The molecule has 0 atom stereocenters. The van der Waals surface area contributed by atoms with Crippen molar-refractivity contribution in [2.24, 2.45) is 5.10 Å². The molecule has 0 radical (unpaired) electrons. The van der Waals surface area contributed by atoms with E-state index >= 15 is 0 Å². The van der Waals surface area contributed by atoms with E-state index in [1.165, 1.54) is 19.2 Å². The molecule has 0 aliphatic carbocycles. The molecule has 2 aromatic heterocycles. The van der Waals surface area contributed by atoms with Crippen molar-refractivity contribution in [3.05, 3.63) is 78.4 Å². The average molecular weight is 494 g/mol. The van der Waals surface area contributed by atoms with E-state index < -0.39 is 6.36 Å². The quantitative estimate of drug-likeness (QED) is 0.369. The van der Waals surface area contributed by atoms with Crippen molar-refractivity contribution in [3.8, 4) is 34.0 Å². The van der Waals surface area contributed by atoms with Crippen molar-refractivity contribution in [3.63, 3.8) is 0 Å². The van der Waals surface area contributed by atoms with Gasteiger partial charge in [0.05, 0.1) is 39.2 Å². The van der Waals surface area contributed by atoms with Crippen LogP contribution < -0.4 is 9.47 Å². The van der Waals surface area contributed by atoms with Gasteiger partial charge >= 0.3 is 12.4 Å². The Morgan fingerprint density at radius 1 is 0.889 bits per heavy atom. The largest absolute Gasteiger partial charge is 0.573 e. The summed E-state index contributed by atoms with van der Waals surface area (Å²) in [6, 6.07) is 12.1. The third kappa shape index (κ3) is 5.45. The second-order valence-corrected chi connectivity index (χ2v) is 8.07. The molecule has 4 aromatic rings. The Kier molecular flexibility index (Phi) is 6.28. The molecule has 0 fully saturated rings. The molecule has 3 heterocycles. The fraction of sp³-hybridized carbons (Fsp3) is 0.200. The number of rotatable bonds is 7. The van der Waals surface area contributed by atoms with Crippen molar-refractivity contribution in [1.82, 2.24) is 24.8 Å². The van der Waals surface area contributed by atoms with Gasteiger partial charge in [0.1, 0.15) is 5.75 Å². The van der Waals surface area contributed by atoms with Crippen LogP contribution in [0.1, 0.15) is 11.1 Å². The van der Waals surface area contributed by atoms with Crippen LogP contribution in [0.5, 0.6) is 11.8 Å². The van der Waals surface area contributed by atoms with E-state index in [-0.39, 0.29) is 5.75 Å². The van der Waals surface area contributed by atoms with Crippen LogP contribution in [-0.2, 0) is 13.1 Å².